The van der Waals surface area contributed by atoms with Gasteiger partial charge in [0.15, 0.2) is 0 Å². The van der Waals surface area contributed by atoms with E-state index in [9.17, 15) is 4.79 Å². The third-order valence-corrected chi connectivity index (χ3v) is 4.42. The third-order valence-electron chi connectivity index (χ3n) is 3.17. The third kappa shape index (κ3) is 4.24. The van der Waals surface area contributed by atoms with E-state index in [2.05, 4.69) is 34.6 Å². The predicted octanol–water partition coefficient (Wildman–Crippen LogP) is 3.31. The number of nitrogens with one attached hydrogen (secondary N) is 2. The molecule has 0 saturated carbocycles. The van der Waals surface area contributed by atoms with E-state index in [0.717, 1.165) is 5.56 Å². The Hall–Kier alpha value is -2.02. The first-order valence-corrected chi connectivity index (χ1v) is 8.13. The Morgan fingerprint density at radius 1 is 1.36 bits per heavy atom. The van der Waals surface area contributed by atoms with Crippen LogP contribution in [0.3, 0.4) is 0 Å². The molecule has 0 atom stereocenters. The second-order valence-corrected chi connectivity index (χ2v) is 6.97. The lowest BCUT2D eigenvalue weighted by Gasteiger charge is -2.22. The molecule has 0 bridgehead atoms. The maximum Gasteiger partial charge on any atom is 0.319 e. The van der Waals surface area contributed by atoms with Crippen LogP contribution in [-0.2, 0) is 0 Å². The van der Waals surface area contributed by atoms with Gasteiger partial charge in [-0.1, -0.05) is 17.3 Å². The summed E-state index contributed by atoms with van der Waals surface area (Å²) < 4.78 is 4.98. The van der Waals surface area contributed by atoms with Crippen molar-refractivity contribution in [2.24, 2.45) is 0 Å². The SMILES string of the molecule is CSC(C)(C)CNC(=O)Nc1ccccc1-c1noc(C)n1. The lowest BCUT2D eigenvalue weighted by Crippen LogP contribution is -2.38. The normalized spacial score (nSPS) is 11.3. The summed E-state index contributed by atoms with van der Waals surface area (Å²) in [6.07, 6.45) is 2.02. The number of urea groups is 1. The predicted molar refractivity (Wildman–Crippen MR) is 89.1 cm³/mol. The summed E-state index contributed by atoms with van der Waals surface area (Å²) in [4.78, 5) is 16.3. The zero-order chi connectivity index (χ0) is 16.2. The smallest absolute Gasteiger partial charge is 0.319 e. The zero-order valence-corrected chi connectivity index (χ0v) is 14.0. The van der Waals surface area contributed by atoms with Crippen LogP contribution in [0.15, 0.2) is 28.8 Å². The molecule has 0 aliphatic rings. The number of carbonyl (C=O) groups excluding carboxylic acids is 1. The van der Waals surface area contributed by atoms with Crippen molar-refractivity contribution in [3.63, 3.8) is 0 Å². The van der Waals surface area contributed by atoms with E-state index in [1.165, 1.54) is 0 Å². The molecular weight excluding hydrogens is 300 g/mol. The van der Waals surface area contributed by atoms with Crippen molar-refractivity contribution >= 4 is 23.5 Å². The fraction of sp³-hybridized carbons (Fsp3) is 0.400. The summed E-state index contributed by atoms with van der Waals surface area (Å²) >= 11 is 1.70. The molecule has 1 aromatic carbocycles. The molecule has 1 heterocycles. The number of hydrogen-bond donors (Lipinski definition) is 2. The molecular formula is C15H20N4O2S. The number of hydrogen-bond acceptors (Lipinski definition) is 5. The van der Waals surface area contributed by atoms with Gasteiger partial charge >= 0.3 is 6.03 Å². The molecule has 0 saturated heterocycles. The van der Waals surface area contributed by atoms with Crippen molar-refractivity contribution in [1.29, 1.82) is 0 Å². The topological polar surface area (TPSA) is 80.0 Å². The molecule has 0 spiro atoms. The Bertz CT molecular complexity index is 654. The number of thioether (sulfide) groups is 1. The first kappa shape index (κ1) is 16.4. The Kier molecular flexibility index (Phi) is 5.07. The molecule has 2 amide bonds. The van der Waals surface area contributed by atoms with Gasteiger partial charge in [-0.15, -0.1) is 0 Å². The Balaban J connectivity index is 2.09. The van der Waals surface area contributed by atoms with E-state index in [1.807, 2.05) is 24.5 Å². The monoisotopic (exact) mass is 320 g/mol. The molecule has 7 heteroatoms. The van der Waals surface area contributed by atoms with Gasteiger partial charge in [0.05, 0.1) is 5.69 Å². The number of aromatic nitrogens is 2. The Morgan fingerprint density at radius 2 is 2.09 bits per heavy atom. The minimum atomic E-state index is -0.255. The minimum absolute atomic E-state index is 0.0123. The summed E-state index contributed by atoms with van der Waals surface area (Å²) in [5.74, 6) is 0.939. The average Bonchev–Trinajstić information content (AvgIpc) is 2.92. The van der Waals surface area contributed by atoms with Crippen molar-refractivity contribution < 1.29 is 9.32 Å². The van der Waals surface area contributed by atoms with Crippen LogP contribution in [-0.4, -0.2) is 33.7 Å². The molecule has 0 fully saturated rings. The molecule has 0 aliphatic heterocycles. The Morgan fingerprint density at radius 3 is 2.73 bits per heavy atom. The van der Waals surface area contributed by atoms with Gasteiger partial charge in [0.2, 0.25) is 11.7 Å². The lowest BCUT2D eigenvalue weighted by atomic mass is 10.1. The van der Waals surface area contributed by atoms with Crippen molar-refractivity contribution in [3.05, 3.63) is 30.2 Å². The average molecular weight is 320 g/mol. The summed E-state index contributed by atoms with van der Waals surface area (Å²) in [6, 6.07) is 7.10. The number of aryl methyl sites for hydroxylation is 1. The zero-order valence-electron chi connectivity index (χ0n) is 13.1. The van der Waals surface area contributed by atoms with E-state index in [-0.39, 0.29) is 10.8 Å². The van der Waals surface area contributed by atoms with Gasteiger partial charge in [-0.3, -0.25) is 0 Å². The van der Waals surface area contributed by atoms with Crippen molar-refractivity contribution in [2.75, 3.05) is 18.1 Å². The maximum absolute atomic E-state index is 12.1. The molecule has 1 aromatic heterocycles. The molecule has 2 N–H and O–H groups in total. The van der Waals surface area contributed by atoms with Gasteiger partial charge in [-0.25, -0.2) is 4.79 Å². The molecule has 2 aromatic rings. The van der Waals surface area contributed by atoms with E-state index >= 15 is 0 Å². The largest absolute Gasteiger partial charge is 0.339 e. The van der Waals surface area contributed by atoms with Crippen LogP contribution in [0.4, 0.5) is 10.5 Å². The minimum Gasteiger partial charge on any atom is -0.339 e. The van der Waals surface area contributed by atoms with Crippen LogP contribution >= 0.6 is 11.8 Å². The van der Waals surface area contributed by atoms with Crippen LogP contribution in [0.5, 0.6) is 0 Å². The molecule has 2 rings (SSSR count). The van der Waals surface area contributed by atoms with Gasteiger partial charge in [0.1, 0.15) is 0 Å². The first-order chi connectivity index (χ1) is 10.4. The van der Waals surface area contributed by atoms with Crippen LogP contribution in [0.1, 0.15) is 19.7 Å². The summed E-state index contributed by atoms with van der Waals surface area (Å²) in [5, 5.41) is 9.60. The van der Waals surface area contributed by atoms with Crippen LogP contribution < -0.4 is 10.6 Å². The van der Waals surface area contributed by atoms with Gasteiger partial charge in [-0.05, 0) is 32.2 Å². The summed E-state index contributed by atoms with van der Waals surface area (Å²) in [6.45, 7) is 6.45. The van der Waals surface area contributed by atoms with Gasteiger partial charge < -0.3 is 15.2 Å². The quantitative estimate of drug-likeness (QED) is 0.883. The fourth-order valence-electron chi connectivity index (χ4n) is 1.73. The number of amides is 2. The van der Waals surface area contributed by atoms with Crippen LogP contribution in [0.25, 0.3) is 11.4 Å². The van der Waals surface area contributed by atoms with Crippen LogP contribution in [0.2, 0.25) is 0 Å². The standard InChI is InChI=1S/C15H20N4O2S/c1-10-17-13(19-21-10)11-7-5-6-8-12(11)18-14(20)16-9-15(2,3)22-4/h5-8H,9H2,1-4H3,(H2,16,18,20). The molecule has 0 radical (unpaired) electrons. The molecule has 0 unspecified atom stereocenters. The Labute approximate surface area is 134 Å². The summed E-state index contributed by atoms with van der Waals surface area (Å²) in [5.41, 5.74) is 1.36. The second kappa shape index (κ2) is 6.83. The number of rotatable bonds is 5. The van der Waals surface area contributed by atoms with Gasteiger partial charge in [0.25, 0.3) is 0 Å². The first-order valence-electron chi connectivity index (χ1n) is 6.91. The highest BCUT2D eigenvalue weighted by Gasteiger charge is 2.18. The highest BCUT2D eigenvalue weighted by atomic mass is 32.2. The van der Waals surface area contributed by atoms with Gasteiger partial charge in [-0.2, -0.15) is 16.7 Å². The van der Waals surface area contributed by atoms with E-state index in [0.29, 0.717) is 23.9 Å². The number of nitrogens with zero attached hydrogens (tertiary/aromatic N) is 2. The van der Waals surface area contributed by atoms with Crippen LogP contribution in [0, 0.1) is 6.92 Å². The number of benzene rings is 1. The van der Waals surface area contributed by atoms with Crippen molar-refractivity contribution in [1.82, 2.24) is 15.5 Å². The molecule has 0 aliphatic carbocycles. The highest BCUT2D eigenvalue weighted by Crippen LogP contribution is 2.25. The van der Waals surface area contributed by atoms with E-state index < -0.39 is 0 Å². The lowest BCUT2D eigenvalue weighted by molar-refractivity contribution is 0.251. The number of para-hydroxylation sites is 1. The molecule has 22 heavy (non-hydrogen) atoms. The van der Waals surface area contributed by atoms with E-state index in [1.54, 1.807) is 24.8 Å². The van der Waals surface area contributed by atoms with Gasteiger partial charge in [0, 0.05) is 23.8 Å². The highest BCUT2D eigenvalue weighted by molar-refractivity contribution is 7.99. The molecule has 6 nitrogen and oxygen atoms in total. The maximum atomic E-state index is 12.1. The number of carbonyl (C=O) groups is 1. The number of anilines is 1. The molecule has 118 valence electrons. The summed E-state index contributed by atoms with van der Waals surface area (Å²) in [7, 11) is 0. The van der Waals surface area contributed by atoms with Crippen molar-refractivity contribution in [2.45, 2.75) is 25.5 Å². The van der Waals surface area contributed by atoms with E-state index in [4.69, 9.17) is 4.52 Å². The fourth-order valence-corrected chi connectivity index (χ4v) is 1.94. The van der Waals surface area contributed by atoms with Crippen molar-refractivity contribution in [3.8, 4) is 11.4 Å². The second-order valence-electron chi connectivity index (χ2n) is 5.45.